The maximum absolute atomic E-state index is 12.9. The van der Waals surface area contributed by atoms with E-state index in [1.165, 1.54) is 0 Å². The van der Waals surface area contributed by atoms with Gasteiger partial charge < -0.3 is 4.74 Å². The molecule has 0 radical (unpaired) electrons. The average molecular weight is 440 g/mol. The fourth-order valence-corrected chi connectivity index (χ4v) is 6.64. The number of hydrogen-bond donors (Lipinski definition) is 1. The molecule has 1 aliphatic carbocycles. The van der Waals surface area contributed by atoms with E-state index in [1.807, 2.05) is 0 Å². The Morgan fingerprint density at radius 3 is 2.21 bits per heavy atom. The van der Waals surface area contributed by atoms with Crippen molar-refractivity contribution in [2.45, 2.75) is 47.1 Å². The van der Waals surface area contributed by atoms with Crippen molar-refractivity contribution in [1.82, 2.24) is 0 Å². The lowest BCUT2D eigenvalue weighted by Gasteiger charge is -2.23. The van der Waals surface area contributed by atoms with Crippen molar-refractivity contribution < 1.29 is 26.4 Å². The molecule has 1 aliphatic rings. The number of primary sulfonamides is 1. The monoisotopic (exact) mass is 439 g/mol. The molecule has 0 aliphatic heterocycles. The number of nitrogens with two attached hydrogens (primary N) is 1. The van der Waals surface area contributed by atoms with Gasteiger partial charge >= 0.3 is 5.97 Å². The summed E-state index contributed by atoms with van der Waals surface area (Å²) in [7, 11) is -6.84. The van der Waals surface area contributed by atoms with Crippen LogP contribution in [0.3, 0.4) is 0 Å². The SMILES string of the molecule is COC(=O)c1cc(S(N)(=O)=O)c(Br)cc1S(=O)(=O)C1CCCCC1. The summed E-state index contributed by atoms with van der Waals surface area (Å²) in [6, 6.07) is 2.07. The summed E-state index contributed by atoms with van der Waals surface area (Å²) in [6.07, 6.45) is 3.60. The quantitative estimate of drug-likeness (QED) is 0.715. The van der Waals surface area contributed by atoms with Crippen molar-refractivity contribution in [3.8, 4) is 0 Å². The van der Waals surface area contributed by atoms with Gasteiger partial charge in [-0.15, -0.1) is 0 Å². The fourth-order valence-electron chi connectivity index (χ4n) is 2.81. The zero-order valence-corrected chi connectivity index (χ0v) is 16.2. The van der Waals surface area contributed by atoms with Crippen LogP contribution < -0.4 is 5.14 Å². The lowest BCUT2D eigenvalue weighted by molar-refractivity contribution is 0.0596. The van der Waals surface area contributed by atoms with Crippen LogP contribution in [0.25, 0.3) is 0 Å². The number of halogens is 1. The fraction of sp³-hybridized carbons (Fsp3) is 0.500. The number of rotatable bonds is 4. The summed E-state index contributed by atoms with van der Waals surface area (Å²) in [4.78, 5) is 11.4. The van der Waals surface area contributed by atoms with Crippen molar-refractivity contribution in [2.75, 3.05) is 7.11 Å². The summed E-state index contributed by atoms with van der Waals surface area (Å²) in [5, 5.41) is 4.52. The first-order chi connectivity index (χ1) is 11.1. The molecule has 0 atom stereocenters. The predicted octanol–water partition coefficient (Wildman–Crippen LogP) is 1.99. The van der Waals surface area contributed by atoms with Crippen LogP contribution >= 0.6 is 15.9 Å². The van der Waals surface area contributed by atoms with Crippen LogP contribution in [0.4, 0.5) is 0 Å². The van der Waals surface area contributed by atoms with Crippen LogP contribution in [0.5, 0.6) is 0 Å². The zero-order valence-electron chi connectivity index (χ0n) is 13.0. The summed E-state index contributed by atoms with van der Waals surface area (Å²) < 4.78 is 53.7. The van der Waals surface area contributed by atoms with Gasteiger partial charge in [-0.1, -0.05) is 19.3 Å². The Morgan fingerprint density at radius 1 is 1.12 bits per heavy atom. The lowest BCUT2D eigenvalue weighted by atomic mass is 10.0. The molecule has 0 amide bonds. The van der Waals surface area contributed by atoms with Crippen LogP contribution in [0, 0.1) is 0 Å². The second-order valence-electron chi connectivity index (χ2n) is 5.62. The summed E-state index contributed by atoms with van der Waals surface area (Å²) >= 11 is 3.03. The van der Waals surface area contributed by atoms with E-state index in [0.29, 0.717) is 12.8 Å². The second kappa shape index (κ2) is 7.11. The van der Waals surface area contributed by atoms with Crippen molar-refractivity contribution in [3.05, 3.63) is 22.2 Å². The molecule has 0 bridgehead atoms. The molecule has 1 fully saturated rings. The van der Waals surface area contributed by atoms with Crippen molar-refractivity contribution in [2.24, 2.45) is 5.14 Å². The maximum atomic E-state index is 12.9. The van der Waals surface area contributed by atoms with E-state index < -0.39 is 31.1 Å². The number of methoxy groups -OCH3 is 1. The number of esters is 1. The Balaban J connectivity index is 2.68. The van der Waals surface area contributed by atoms with E-state index in [2.05, 4.69) is 20.7 Å². The van der Waals surface area contributed by atoms with E-state index in [0.717, 1.165) is 38.5 Å². The highest BCUT2D eigenvalue weighted by atomic mass is 79.9. The predicted molar refractivity (Wildman–Crippen MR) is 90.9 cm³/mol. The normalized spacial score (nSPS) is 16.8. The van der Waals surface area contributed by atoms with Crippen molar-refractivity contribution in [3.63, 3.8) is 0 Å². The highest BCUT2D eigenvalue weighted by Gasteiger charge is 2.34. The standard InChI is InChI=1S/C14H18BrNO6S2/c1-22-14(17)10-7-13(24(16,20)21)11(15)8-12(10)23(18,19)9-5-3-2-4-6-9/h7-9H,2-6H2,1H3,(H2,16,20,21). The molecular weight excluding hydrogens is 422 g/mol. The molecule has 1 saturated carbocycles. The van der Waals surface area contributed by atoms with Crippen LogP contribution in [0.2, 0.25) is 0 Å². The van der Waals surface area contributed by atoms with Gasteiger partial charge in [0.2, 0.25) is 10.0 Å². The highest BCUT2D eigenvalue weighted by molar-refractivity contribution is 9.10. The van der Waals surface area contributed by atoms with Gasteiger partial charge in [-0.25, -0.2) is 26.8 Å². The number of sulfone groups is 1. The van der Waals surface area contributed by atoms with Gasteiger partial charge in [0.15, 0.2) is 9.84 Å². The van der Waals surface area contributed by atoms with Gasteiger partial charge in [-0.05, 0) is 40.9 Å². The third-order valence-electron chi connectivity index (χ3n) is 4.04. The van der Waals surface area contributed by atoms with Gasteiger partial charge in [-0.2, -0.15) is 0 Å². The molecular formula is C14H18BrNO6S2. The largest absolute Gasteiger partial charge is 0.465 e. The van der Waals surface area contributed by atoms with E-state index in [-0.39, 0.29) is 19.8 Å². The van der Waals surface area contributed by atoms with E-state index >= 15 is 0 Å². The van der Waals surface area contributed by atoms with Gasteiger partial charge in [0, 0.05) is 4.47 Å². The Hall–Kier alpha value is -0.970. The topological polar surface area (TPSA) is 121 Å². The minimum absolute atomic E-state index is 0.00737. The average Bonchev–Trinajstić information content (AvgIpc) is 2.53. The molecule has 2 N–H and O–H groups in total. The van der Waals surface area contributed by atoms with Crippen LogP contribution in [0.1, 0.15) is 42.5 Å². The summed E-state index contributed by atoms with van der Waals surface area (Å²) in [5.41, 5.74) is -0.324. The van der Waals surface area contributed by atoms with Crippen LogP contribution in [-0.4, -0.2) is 35.2 Å². The molecule has 134 valence electrons. The highest BCUT2D eigenvalue weighted by Crippen LogP contribution is 2.34. The Kier molecular flexibility index (Phi) is 5.73. The van der Waals surface area contributed by atoms with Crippen LogP contribution in [0.15, 0.2) is 26.4 Å². The summed E-state index contributed by atoms with van der Waals surface area (Å²) in [6.45, 7) is 0. The molecule has 0 spiro atoms. The maximum Gasteiger partial charge on any atom is 0.339 e. The summed E-state index contributed by atoms with van der Waals surface area (Å²) in [5.74, 6) is -0.929. The first kappa shape index (κ1) is 19.4. The number of carbonyl (C=O) groups is 1. The minimum atomic E-state index is -4.13. The van der Waals surface area contributed by atoms with E-state index in [4.69, 9.17) is 5.14 Å². The molecule has 1 aromatic carbocycles. The van der Waals surface area contributed by atoms with Gasteiger partial charge in [-0.3, -0.25) is 0 Å². The first-order valence-electron chi connectivity index (χ1n) is 7.27. The lowest BCUT2D eigenvalue weighted by Crippen LogP contribution is -2.26. The van der Waals surface area contributed by atoms with E-state index in [1.54, 1.807) is 0 Å². The molecule has 0 aromatic heterocycles. The molecule has 10 heteroatoms. The number of sulfonamides is 1. The first-order valence-corrected chi connectivity index (χ1v) is 11.2. The molecule has 24 heavy (non-hydrogen) atoms. The van der Waals surface area contributed by atoms with Gasteiger partial charge in [0.1, 0.15) is 0 Å². The Labute approximate surface area is 149 Å². The molecule has 0 unspecified atom stereocenters. The van der Waals surface area contributed by atoms with Crippen molar-refractivity contribution >= 4 is 41.8 Å². The second-order valence-corrected chi connectivity index (χ2v) is 10.2. The molecule has 7 nitrogen and oxygen atoms in total. The number of carbonyl (C=O) groups excluding carboxylic acids is 1. The van der Waals surface area contributed by atoms with E-state index in [9.17, 15) is 21.6 Å². The molecule has 2 rings (SSSR count). The van der Waals surface area contributed by atoms with Gasteiger partial charge in [0.25, 0.3) is 0 Å². The molecule has 0 saturated heterocycles. The van der Waals surface area contributed by atoms with Crippen molar-refractivity contribution in [1.29, 1.82) is 0 Å². The Morgan fingerprint density at radius 2 is 1.71 bits per heavy atom. The smallest absolute Gasteiger partial charge is 0.339 e. The third-order valence-corrected chi connectivity index (χ3v) is 8.21. The number of benzene rings is 1. The molecule has 1 aromatic rings. The minimum Gasteiger partial charge on any atom is -0.465 e. The third kappa shape index (κ3) is 3.81. The zero-order chi connectivity index (χ0) is 18.1. The van der Waals surface area contributed by atoms with Crippen LogP contribution in [-0.2, 0) is 24.6 Å². The van der Waals surface area contributed by atoms with Gasteiger partial charge in [0.05, 0.1) is 27.7 Å². The number of ether oxygens (including phenoxy) is 1. The Bertz CT molecular complexity index is 857. The molecule has 0 heterocycles. The number of hydrogen-bond acceptors (Lipinski definition) is 6.